The van der Waals surface area contributed by atoms with E-state index in [4.69, 9.17) is 0 Å². The largest absolute Gasteiger partial charge is 0.355 e. The Kier molecular flexibility index (Phi) is 8.74. The molecule has 1 aliphatic carbocycles. The maximum Gasteiger partial charge on any atom is 0.220 e. The Morgan fingerprint density at radius 3 is 1.66 bits per heavy atom. The number of hydrogen-bond donors (Lipinski definition) is 2. The van der Waals surface area contributed by atoms with Gasteiger partial charge in [0.15, 0.2) is 0 Å². The van der Waals surface area contributed by atoms with Crippen LogP contribution in [0.3, 0.4) is 0 Å². The summed E-state index contributed by atoms with van der Waals surface area (Å²) in [5.41, 5.74) is -0.143. The minimum absolute atomic E-state index is 0.104. The number of hydrogen-bond acceptors (Lipinski definition) is 4. The fourth-order valence-electron chi connectivity index (χ4n) is 4.84. The summed E-state index contributed by atoms with van der Waals surface area (Å²) in [4.78, 5) is 29.8. The zero-order valence-electron chi connectivity index (χ0n) is 17.8. The zero-order valence-corrected chi connectivity index (χ0v) is 17.8. The molecule has 0 radical (unpaired) electrons. The highest BCUT2D eigenvalue weighted by molar-refractivity contribution is 5.80. The SMILES string of the molecule is O=C(CC1(CC(=O)NCCN2CC=CCC2)CCCC1)NCCN1CC=CCC1. The first-order valence-corrected chi connectivity index (χ1v) is 11.4. The van der Waals surface area contributed by atoms with E-state index >= 15 is 0 Å². The molecule has 0 aromatic carbocycles. The average molecular weight is 403 g/mol. The smallest absolute Gasteiger partial charge is 0.220 e. The number of carbonyl (C=O) groups is 2. The van der Waals surface area contributed by atoms with Crippen LogP contribution in [-0.4, -0.2) is 74.0 Å². The van der Waals surface area contributed by atoms with Gasteiger partial charge in [-0.25, -0.2) is 0 Å². The van der Waals surface area contributed by atoms with Crippen LogP contribution in [0.5, 0.6) is 0 Å². The van der Waals surface area contributed by atoms with Gasteiger partial charge in [0.1, 0.15) is 0 Å². The van der Waals surface area contributed by atoms with Gasteiger partial charge in [0.25, 0.3) is 0 Å². The highest BCUT2D eigenvalue weighted by Gasteiger charge is 2.37. The summed E-state index contributed by atoms with van der Waals surface area (Å²) in [6, 6.07) is 0. The Bertz CT molecular complexity index is 550. The van der Waals surface area contributed by atoms with Crippen LogP contribution in [0.25, 0.3) is 0 Å². The van der Waals surface area contributed by atoms with Crippen molar-refractivity contribution in [2.75, 3.05) is 52.4 Å². The lowest BCUT2D eigenvalue weighted by Gasteiger charge is -2.29. The molecule has 162 valence electrons. The molecule has 6 nitrogen and oxygen atoms in total. The summed E-state index contributed by atoms with van der Waals surface area (Å²) in [6.07, 6.45) is 16.2. The molecule has 3 aliphatic rings. The van der Waals surface area contributed by atoms with Gasteiger partial charge in [-0.1, -0.05) is 37.1 Å². The van der Waals surface area contributed by atoms with Crippen molar-refractivity contribution in [2.45, 2.75) is 51.4 Å². The van der Waals surface area contributed by atoms with E-state index in [2.05, 4.69) is 44.7 Å². The minimum atomic E-state index is -0.143. The van der Waals surface area contributed by atoms with E-state index in [0.717, 1.165) is 77.8 Å². The van der Waals surface area contributed by atoms with Crippen LogP contribution in [0.2, 0.25) is 0 Å². The topological polar surface area (TPSA) is 64.7 Å². The Labute approximate surface area is 175 Å². The number of carbonyl (C=O) groups excluding carboxylic acids is 2. The second-order valence-corrected chi connectivity index (χ2v) is 8.88. The molecule has 3 rings (SSSR count). The van der Waals surface area contributed by atoms with Crippen molar-refractivity contribution in [3.05, 3.63) is 24.3 Å². The Morgan fingerprint density at radius 2 is 1.24 bits per heavy atom. The van der Waals surface area contributed by atoms with Gasteiger partial charge in [0, 0.05) is 65.2 Å². The fraction of sp³-hybridized carbons (Fsp3) is 0.739. The van der Waals surface area contributed by atoms with Gasteiger partial charge in [-0.2, -0.15) is 0 Å². The molecule has 0 aromatic heterocycles. The van der Waals surface area contributed by atoms with Crippen molar-refractivity contribution in [1.82, 2.24) is 20.4 Å². The summed E-state index contributed by atoms with van der Waals surface area (Å²) in [5.74, 6) is 0.208. The van der Waals surface area contributed by atoms with E-state index in [1.807, 2.05) is 0 Å². The highest BCUT2D eigenvalue weighted by atomic mass is 16.2. The molecule has 0 aromatic rings. The van der Waals surface area contributed by atoms with Crippen LogP contribution in [0, 0.1) is 5.41 Å². The predicted octanol–water partition coefficient (Wildman–Crippen LogP) is 2.08. The molecule has 2 aliphatic heterocycles. The molecule has 0 spiro atoms. The van der Waals surface area contributed by atoms with Gasteiger partial charge in [-0.3, -0.25) is 19.4 Å². The van der Waals surface area contributed by atoms with E-state index in [1.54, 1.807) is 0 Å². The maximum absolute atomic E-state index is 12.6. The molecule has 29 heavy (non-hydrogen) atoms. The lowest BCUT2D eigenvalue weighted by molar-refractivity contribution is -0.126. The van der Waals surface area contributed by atoms with Crippen LogP contribution in [-0.2, 0) is 9.59 Å². The van der Waals surface area contributed by atoms with Crippen LogP contribution in [0.1, 0.15) is 51.4 Å². The molecule has 2 heterocycles. The van der Waals surface area contributed by atoms with E-state index in [9.17, 15) is 9.59 Å². The Hall–Kier alpha value is -1.66. The van der Waals surface area contributed by atoms with Crippen molar-refractivity contribution in [1.29, 1.82) is 0 Å². The molecule has 0 saturated heterocycles. The van der Waals surface area contributed by atoms with Crippen LogP contribution in [0.4, 0.5) is 0 Å². The summed E-state index contributed by atoms with van der Waals surface area (Å²) in [6.45, 7) is 7.29. The number of rotatable bonds is 10. The van der Waals surface area contributed by atoms with Crippen LogP contribution < -0.4 is 10.6 Å². The highest BCUT2D eigenvalue weighted by Crippen LogP contribution is 2.44. The summed E-state index contributed by atoms with van der Waals surface area (Å²) < 4.78 is 0. The number of nitrogens with one attached hydrogen (secondary N) is 2. The molecule has 0 atom stereocenters. The second kappa shape index (κ2) is 11.5. The fourth-order valence-corrected chi connectivity index (χ4v) is 4.84. The van der Waals surface area contributed by atoms with Gasteiger partial charge in [-0.15, -0.1) is 0 Å². The summed E-state index contributed by atoms with van der Waals surface area (Å²) in [5, 5.41) is 6.18. The molecule has 6 heteroatoms. The van der Waals surface area contributed by atoms with Crippen molar-refractivity contribution in [3.8, 4) is 0 Å². The molecular formula is C23H38N4O2. The van der Waals surface area contributed by atoms with Crippen molar-refractivity contribution < 1.29 is 9.59 Å². The first-order chi connectivity index (χ1) is 14.2. The minimum Gasteiger partial charge on any atom is -0.355 e. The van der Waals surface area contributed by atoms with Crippen molar-refractivity contribution in [3.63, 3.8) is 0 Å². The monoisotopic (exact) mass is 402 g/mol. The zero-order chi connectivity index (χ0) is 20.4. The predicted molar refractivity (Wildman–Crippen MR) is 117 cm³/mol. The molecule has 2 amide bonds. The molecule has 1 saturated carbocycles. The quantitative estimate of drug-likeness (QED) is 0.549. The van der Waals surface area contributed by atoms with Gasteiger partial charge in [0.2, 0.25) is 11.8 Å². The maximum atomic E-state index is 12.6. The standard InChI is InChI=1S/C23H38N4O2/c28-21(24-11-17-26-13-5-1-6-14-26)19-23(9-3-4-10-23)20-22(29)25-12-18-27-15-7-2-8-16-27/h1-2,5,7H,3-4,6,8-20H2,(H,24,28)(H,25,29). The van der Waals surface area contributed by atoms with Gasteiger partial charge >= 0.3 is 0 Å². The van der Waals surface area contributed by atoms with Crippen LogP contribution >= 0.6 is 0 Å². The number of nitrogens with zero attached hydrogens (tertiary/aromatic N) is 2. The van der Waals surface area contributed by atoms with E-state index in [-0.39, 0.29) is 17.2 Å². The van der Waals surface area contributed by atoms with Crippen molar-refractivity contribution >= 4 is 11.8 Å². The first kappa shape index (κ1) is 22.0. The van der Waals surface area contributed by atoms with Gasteiger partial charge in [-0.05, 0) is 31.1 Å². The van der Waals surface area contributed by atoms with E-state index < -0.39 is 0 Å². The third kappa shape index (κ3) is 7.59. The average Bonchev–Trinajstić information content (AvgIpc) is 3.17. The molecule has 1 fully saturated rings. The van der Waals surface area contributed by atoms with E-state index in [0.29, 0.717) is 25.9 Å². The second-order valence-electron chi connectivity index (χ2n) is 8.88. The third-order valence-electron chi connectivity index (χ3n) is 6.52. The Balaban J connectivity index is 1.36. The lowest BCUT2D eigenvalue weighted by Crippen LogP contribution is -2.40. The van der Waals surface area contributed by atoms with Crippen LogP contribution in [0.15, 0.2) is 24.3 Å². The summed E-state index contributed by atoms with van der Waals surface area (Å²) in [7, 11) is 0. The molecule has 0 bridgehead atoms. The first-order valence-electron chi connectivity index (χ1n) is 11.4. The van der Waals surface area contributed by atoms with Crippen molar-refractivity contribution in [2.24, 2.45) is 5.41 Å². The van der Waals surface area contributed by atoms with Gasteiger partial charge < -0.3 is 10.6 Å². The number of amides is 2. The lowest BCUT2D eigenvalue weighted by atomic mass is 9.79. The molecule has 0 unspecified atom stereocenters. The third-order valence-corrected chi connectivity index (χ3v) is 6.52. The van der Waals surface area contributed by atoms with E-state index in [1.165, 1.54) is 0 Å². The molecular weight excluding hydrogens is 364 g/mol. The van der Waals surface area contributed by atoms with Gasteiger partial charge in [0.05, 0.1) is 0 Å². The Morgan fingerprint density at radius 1 is 0.759 bits per heavy atom. The molecule has 2 N–H and O–H groups in total. The normalized spacial score (nSPS) is 21.9. The summed E-state index contributed by atoms with van der Waals surface area (Å²) >= 11 is 0.